The van der Waals surface area contributed by atoms with Crippen molar-refractivity contribution in [3.8, 4) is 0 Å². The van der Waals surface area contributed by atoms with Crippen molar-refractivity contribution >= 4 is 56.9 Å². The van der Waals surface area contributed by atoms with Crippen molar-refractivity contribution in [2.24, 2.45) is 0 Å². The van der Waals surface area contributed by atoms with Gasteiger partial charge in [0.15, 0.2) is 0 Å². The van der Waals surface area contributed by atoms with Crippen molar-refractivity contribution in [2.75, 3.05) is 59.7 Å². The zero-order chi connectivity index (χ0) is 74.3. The molecule has 10 aromatic rings. The second-order valence-electron chi connectivity index (χ2n) is 28.9. The molecule has 524 valence electrons. The summed E-state index contributed by atoms with van der Waals surface area (Å²) >= 11 is 0. The minimum atomic E-state index is 1.21. The molecule has 0 aliphatic rings. The van der Waals surface area contributed by atoms with E-state index in [2.05, 4.69) is 382 Å². The summed E-state index contributed by atoms with van der Waals surface area (Å²) in [4.78, 5) is 11.6. The maximum absolute atomic E-state index is 2.42. The maximum Gasteiger partial charge on any atom is 0.0473 e. The highest BCUT2D eigenvalue weighted by Crippen LogP contribution is 2.43. The van der Waals surface area contributed by atoms with Crippen LogP contribution in [0.25, 0.3) is 0 Å². The first-order chi connectivity index (χ1) is 46.3. The molecule has 0 fully saturated rings. The van der Waals surface area contributed by atoms with E-state index in [9.17, 15) is 0 Å². The SMILES string of the molecule is Cc1c(C)c(C)c(N(C)c2c(C)c(C)c(C)c(C)c2C)c(C)c1C.Cc1cc(C)c(N(C)c2c(C)c(C)c(C)c(C)c2C)c(C)c1.Cc1ccc(N(C)c2c(C)c(C)c(C)c(C)c2C)cc1C.Cc1ccc(N(C)c2ccccc2C)c(C)c1.Cc1ccccc1N(C)c1ccccc1. The summed E-state index contributed by atoms with van der Waals surface area (Å²) in [6.07, 6.45) is 0. The minimum absolute atomic E-state index is 1.21. The van der Waals surface area contributed by atoms with E-state index in [1.165, 1.54) is 218 Å². The molecule has 0 radical (unpaired) electrons. The van der Waals surface area contributed by atoms with E-state index in [1.807, 2.05) is 6.07 Å². The third kappa shape index (κ3) is 17.1. The molecular weight excluding hydrogens is 1200 g/mol. The fraction of sp³-hybridized carbons (Fsp3) is 0.362. The normalized spacial score (nSPS) is 10.7. The number of benzene rings is 10. The van der Waals surface area contributed by atoms with Crippen molar-refractivity contribution in [1.82, 2.24) is 0 Å². The van der Waals surface area contributed by atoms with Gasteiger partial charge in [0, 0.05) is 92.1 Å². The summed E-state index contributed by atoms with van der Waals surface area (Å²) in [6.45, 7) is 64.4. The predicted molar refractivity (Wildman–Crippen MR) is 442 cm³/mol. The third-order valence-electron chi connectivity index (χ3n) is 22.8. The van der Waals surface area contributed by atoms with Crippen LogP contribution >= 0.6 is 0 Å². The topological polar surface area (TPSA) is 16.2 Å². The van der Waals surface area contributed by atoms with E-state index >= 15 is 0 Å². The predicted octanol–water partition coefficient (Wildman–Crippen LogP) is 26.2. The van der Waals surface area contributed by atoms with Crippen LogP contribution in [0.3, 0.4) is 0 Å². The quantitative estimate of drug-likeness (QED) is 0.135. The van der Waals surface area contributed by atoms with Crippen LogP contribution in [0.1, 0.15) is 161 Å². The van der Waals surface area contributed by atoms with Gasteiger partial charge in [-0.2, -0.15) is 0 Å². The first kappa shape index (κ1) is 79.2. The lowest BCUT2D eigenvalue weighted by Gasteiger charge is -2.31. The maximum atomic E-state index is 2.42. The molecule has 0 amide bonds. The molecule has 10 aromatic carbocycles. The molecule has 5 heteroatoms. The van der Waals surface area contributed by atoms with Crippen molar-refractivity contribution in [1.29, 1.82) is 0 Å². The number of para-hydroxylation sites is 3. The molecule has 0 atom stereocenters. The number of hydrogen-bond donors (Lipinski definition) is 0. The highest BCUT2D eigenvalue weighted by atomic mass is 15.1. The molecule has 0 saturated carbocycles. The van der Waals surface area contributed by atoms with Gasteiger partial charge < -0.3 is 24.5 Å². The smallest absolute Gasteiger partial charge is 0.0473 e. The van der Waals surface area contributed by atoms with Crippen LogP contribution in [0.4, 0.5) is 56.9 Å². The zero-order valence-corrected chi connectivity index (χ0v) is 67.9. The van der Waals surface area contributed by atoms with Gasteiger partial charge in [-0.15, -0.1) is 0 Å². The van der Waals surface area contributed by atoms with Crippen LogP contribution in [0, 0.1) is 201 Å². The summed E-state index contributed by atoms with van der Waals surface area (Å²) in [5.41, 5.74) is 53.1. The van der Waals surface area contributed by atoms with E-state index < -0.39 is 0 Å². The molecule has 10 rings (SSSR count). The average Bonchev–Trinajstić information content (AvgIpc) is 0.768. The van der Waals surface area contributed by atoms with E-state index in [-0.39, 0.29) is 0 Å². The van der Waals surface area contributed by atoms with Crippen molar-refractivity contribution in [2.45, 2.75) is 201 Å². The van der Waals surface area contributed by atoms with Crippen molar-refractivity contribution < 1.29 is 0 Å². The number of nitrogens with zero attached hydrogens (tertiary/aromatic N) is 5. The third-order valence-corrected chi connectivity index (χ3v) is 22.8. The molecule has 0 N–H and O–H groups in total. The Bertz CT molecular complexity index is 4340. The zero-order valence-electron chi connectivity index (χ0n) is 67.9. The summed E-state index contributed by atoms with van der Waals surface area (Å²) < 4.78 is 0. The molecule has 0 bridgehead atoms. The van der Waals surface area contributed by atoms with Crippen molar-refractivity contribution in [3.05, 3.63) is 289 Å². The van der Waals surface area contributed by atoms with Crippen LogP contribution in [0.15, 0.2) is 127 Å². The number of rotatable bonds is 10. The first-order valence-electron chi connectivity index (χ1n) is 35.7. The Labute approximate surface area is 602 Å². The highest BCUT2D eigenvalue weighted by Gasteiger charge is 2.24. The van der Waals surface area contributed by atoms with E-state index in [0.717, 1.165) is 0 Å². The molecule has 0 heterocycles. The highest BCUT2D eigenvalue weighted by molar-refractivity contribution is 5.80. The summed E-state index contributed by atoms with van der Waals surface area (Å²) in [5, 5.41) is 0. The Morgan fingerprint density at radius 3 is 0.798 bits per heavy atom. The average molecular weight is 1320 g/mol. The Kier molecular flexibility index (Phi) is 26.7. The second kappa shape index (κ2) is 33.4. The van der Waals surface area contributed by atoms with Gasteiger partial charge in [0.1, 0.15) is 0 Å². The van der Waals surface area contributed by atoms with Gasteiger partial charge in [0.25, 0.3) is 0 Å². The second-order valence-corrected chi connectivity index (χ2v) is 28.9. The number of anilines is 10. The Hall–Kier alpha value is -8.80. The van der Waals surface area contributed by atoms with Gasteiger partial charge in [-0.05, 0) is 393 Å². The molecule has 0 aromatic heterocycles. The molecule has 99 heavy (non-hydrogen) atoms. The van der Waals surface area contributed by atoms with E-state index in [1.54, 1.807) is 0 Å². The largest absolute Gasteiger partial charge is 0.344 e. The Balaban J connectivity index is 0.000000197. The molecular formula is C94H123N5. The van der Waals surface area contributed by atoms with Gasteiger partial charge in [-0.1, -0.05) is 96.1 Å². The number of aryl methyl sites for hydroxylation is 9. The van der Waals surface area contributed by atoms with Crippen LogP contribution in [0.5, 0.6) is 0 Å². The first-order valence-corrected chi connectivity index (χ1v) is 35.7. The van der Waals surface area contributed by atoms with Gasteiger partial charge in [-0.25, -0.2) is 0 Å². The van der Waals surface area contributed by atoms with Gasteiger partial charge >= 0.3 is 0 Å². The lowest BCUT2D eigenvalue weighted by atomic mass is 9.89. The van der Waals surface area contributed by atoms with Crippen LogP contribution in [0.2, 0.25) is 0 Å². The van der Waals surface area contributed by atoms with Crippen molar-refractivity contribution in [3.63, 3.8) is 0 Å². The van der Waals surface area contributed by atoms with Gasteiger partial charge in [0.05, 0.1) is 0 Å². The van der Waals surface area contributed by atoms with E-state index in [0.29, 0.717) is 0 Å². The number of hydrogen-bond acceptors (Lipinski definition) is 5. The minimum Gasteiger partial charge on any atom is -0.344 e. The van der Waals surface area contributed by atoms with Crippen LogP contribution < -0.4 is 24.5 Å². The molecule has 5 nitrogen and oxygen atoms in total. The molecule has 0 aliphatic heterocycles. The molecule has 0 saturated heterocycles. The standard InChI is InChI=1S/C23H33N.C21H29N.C20H27N.C16H19N.C14H15N/c1-12-14(3)18(7)22(19(8)15(12)4)24(11)23-20(9)16(5)13(2)17(6)21(23)10;1-12-10-13(2)20(14(3)11-12)22(9)21-18(7)16(5)15(4)17(6)19(21)8;1-12-9-10-19(11-13(12)2)21(8)20-17(6)15(4)14(3)16(5)18(20)7;1-12-9-10-16(14(3)11-12)17(4)15-8-6-5-7-13(15)2;1-12-8-6-7-11-14(12)15(2)13-9-4-3-5-10-13/h1-11H3;10-11H,1-9H3;9-11H,1-8H3;5-11H,1-4H3;3-11H,1-2H3. The summed E-state index contributed by atoms with van der Waals surface area (Å²) in [7, 11) is 10.8. The summed E-state index contributed by atoms with van der Waals surface area (Å²) in [6, 6.07) is 45.1. The van der Waals surface area contributed by atoms with Crippen LogP contribution in [-0.4, -0.2) is 35.2 Å². The van der Waals surface area contributed by atoms with E-state index in [4.69, 9.17) is 0 Å². The fourth-order valence-corrected chi connectivity index (χ4v) is 14.9. The summed E-state index contributed by atoms with van der Waals surface area (Å²) in [5.74, 6) is 0. The lowest BCUT2D eigenvalue weighted by Crippen LogP contribution is -2.18. The monoisotopic (exact) mass is 1320 g/mol. The van der Waals surface area contributed by atoms with Crippen LogP contribution in [-0.2, 0) is 0 Å². The molecule has 0 unspecified atom stereocenters. The van der Waals surface area contributed by atoms with Gasteiger partial charge in [-0.3, -0.25) is 0 Å². The lowest BCUT2D eigenvalue weighted by molar-refractivity contribution is 1.06. The Morgan fingerprint density at radius 2 is 0.455 bits per heavy atom. The molecule has 0 spiro atoms. The fourth-order valence-electron chi connectivity index (χ4n) is 14.9. The molecule has 0 aliphatic carbocycles. The van der Waals surface area contributed by atoms with Gasteiger partial charge in [0.2, 0.25) is 0 Å². The Morgan fingerprint density at radius 1 is 0.162 bits per heavy atom.